The van der Waals surface area contributed by atoms with Gasteiger partial charge < -0.3 is 9.47 Å². The van der Waals surface area contributed by atoms with Crippen molar-refractivity contribution in [1.82, 2.24) is 9.80 Å². The topological polar surface area (TPSA) is 24.9 Å². The molecule has 4 nitrogen and oxygen atoms in total. The first-order chi connectivity index (χ1) is 12.0. The lowest BCUT2D eigenvalue weighted by Gasteiger charge is -2.42. The lowest BCUT2D eigenvalue weighted by Crippen LogP contribution is -2.50. The van der Waals surface area contributed by atoms with Gasteiger partial charge in [-0.25, -0.2) is 0 Å². The van der Waals surface area contributed by atoms with Crippen LogP contribution in [0.3, 0.4) is 0 Å². The van der Waals surface area contributed by atoms with E-state index in [2.05, 4.69) is 43.9 Å². The third-order valence-electron chi connectivity index (χ3n) is 5.76. The quantitative estimate of drug-likeness (QED) is 0.762. The Morgan fingerprint density at radius 1 is 1.20 bits per heavy atom. The van der Waals surface area contributed by atoms with E-state index in [4.69, 9.17) is 9.47 Å². The van der Waals surface area contributed by atoms with Gasteiger partial charge in [0.2, 0.25) is 0 Å². The standard InChI is InChI=1S/C20H29BrN2O2/c1-20(2)24-14-17(25-20)13-22-8-10-23(11-9-22)19-5-3-4-15-12-16(21)6-7-18(15)19/h6-7,12,17,19H,3-5,8-11,13-14H2,1-2H3/t17-,19-/m0/s1. The molecule has 0 N–H and O–H groups in total. The van der Waals surface area contributed by atoms with Crippen LogP contribution in [0.15, 0.2) is 22.7 Å². The second-order valence-electron chi connectivity index (χ2n) is 8.04. The van der Waals surface area contributed by atoms with E-state index in [1.807, 2.05) is 13.8 Å². The molecule has 0 amide bonds. The van der Waals surface area contributed by atoms with Crippen LogP contribution >= 0.6 is 15.9 Å². The summed E-state index contributed by atoms with van der Waals surface area (Å²) in [5.41, 5.74) is 3.09. The Balaban J connectivity index is 1.34. The van der Waals surface area contributed by atoms with Gasteiger partial charge in [-0.05, 0) is 56.4 Å². The molecule has 0 unspecified atom stereocenters. The average Bonchev–Trinajstić information content (AvgIpc) is 2.93. The van der Waals surface area contributed by atoms with Crippen LogP contribution in [0.1, 0.15) is 43.9 Å². The number of benzene rings is 1. The van der Waals surface area contributed by atoms with Gasteiger partial charge in [-0.2, -0.15) is 0 Å². The highest BCUT2D eigenvalue weighted by molar-refractivity contribution is 9.10. The monoisotopic (exact) mass is 408 g/mol. The van der Waals surface area contributed by atoms with Crippen molar-refractivity contribution in [2.45, 2.75) is 51.0 Å². The van der Waals surface area contributed by atoms with Gasteiger partial charge in [-0.3, -0.25) is 9.80 Å². The Kier molecular flexibility index (Phi) is 5.22. The largest absolute Gasteiger partial charge is 0.348 e. The molecule has 5 heteroatoms. The van der Waals surface area contributed by atoms with E-state index < -0.39 is 5.79 Å². The first kappa shape index (κ1) is 17.9. The number of nitrogens with zero attached hydrogens (tertiary/aromatic N) is 2. The van der Waals surface area contributed by atoms with E-state index >= 15 is 0 Å². The zero-order chi connectivity index (χ0) is 17.4. The molecule has 2 fully saturated rings. The second-order valence-corrected chi connectivity index (χ2v) is 8.95. The summed E-state index contributed by atoms with van der Waals surface area (Å²) in [5, 5.41) is 0. The van der Waals surface area contributed by atoms with Crippen LogP contribution in [-0.4, -0.2) is 61.0 Å². The fraction of sp³-hybridized carbons (Fsp3) is 0.700. The van der Waals surface area contributed by atoms with Gasteiger partial charge in [0.25, 0.3) is 0 Å². The number of ether oxygens (including phenoxy) is 2. The van der Waals surface area contributed by atoms with Crippen molar-refractivity contribution in [3.8, 4) is 0 Å². The lowest BCUT2D eigenvalue weighted by molar-refractivity contribution is -0.141. The maximum absolute atomic E-state index is 5.97. The van der Waals surface area contributed by atoms with Crippen LogP contribution in [0.2, 0.25) is 0 Å². The number of aryl methyl sites for hydroxylation is 1. The molecule has 1 aliphatic carbocycles. The third kappa shape index (κ3) is 4.11. The van der Waals surface area contributed by atoms with Gasteiger partial charge in [0.1, 0.15) is 0 Å². The zero-order valence-corrected chi connectivity index (χ0v) is 16.9. The van der Waals surface area contributed by atoms with Crippen molar-refractivity contribution in [2.75, 3.05) is 39.3 Å². The maximum atomic E-state index is 5.97. The number of piperazine rings is 1. The first-order valence-electron chi connectivity index (χ1n) is 9.57. The Morgan fingerprint density at radius 3 is 2.72 bits per heavy atom. The van der Waals surface area contributed by atoms with E-state index in [1.165, 1.54) is 29.3 Å². The summed E-state index contributed by atoms with van der Waals surface area (Å²) in [5.74, 6) is -0.410. The smallest absolute Gasteiger partial charge is 0.163 e. The Morgan fingerprint density at radius 2 is 2.00 bits per heavy atom. The molecule has 0 aromatic heterocycles. The maximum Gasteiger partial charge on any atom is 0.163 e. The minimum atomic E-state index is -0.410. The van der Waals surface area contributed by atoms with Crippen molar-refractivity contribution in [2.24, 2.45) is 0 Å². The van der Waals surface area contributed by atoms with Crippen LogP contribution in [0.5, 0.6) is 0 Å². The van der Waals surface area contributed by atoms with Gasteiger partial charge >= 0.3 is 0 Å². The summed E-state index contributed by atoms with van der Waals surface area (Å²) in [7, 11) is 0. The number of hydrogen-bond donors (Lipinski definition) is 0. The second kappa shape index (κ2) is 7.28. The molecule has 2 atom stereocenters. The minimum absolute atomic E-state index is 0.217. The molecule has 4 rings (SSSR count). The Labute approximate surface area is 159 Å². The number of fused-ring (bicyclic) bond motifs is 1. The van der Waals surface area contributed by atoms with Crippen molar-refractivity contribution < 1.29 is 9.47 Å². The molecule has 3 aliphatic rings. The molecule has 2 aliphatic heterocycles. The molecule has 0 radical (unpaired) electrons. The summed E-state index contributed by atoms with van der Waals surface area (Å²) < 4.78 is 12.9. The molecule has 25 heavy (non-hydrogen) atoms. The molecular formula is C20H29BrN2O2. The Hall–Kier alpha value is -0.460. The van der Waals surface area contributed by atoms with Gasteiger partial charge in [0.15, 0.2) is 5.79 Å². The number of hydrogen-bond acceptors (Lipinski definition) is 4. The fourth-order valence-electron chi connectivity index (χ4n) is 4.54. The number of halogens is 1. The molecule has 1 aromatic rings. The highest BCUT2D eigenvalue weighted by Crippen LogP contribution is 2.36. The SMILES string of the molecule is CC1(C)OC[C@H](CN2CCN([C@H]3CCCc4cc(Br)ccc43)CC2)O1. The normalized spacial score (nSPS) is 30.4. The predicted molar refractivity (Wildman–Crippen MR) is 103 cm³/mol. The summed E-state index contributed by atoms with van der Waals surface area (Å²) in [4.78, 5) is 5.23. The van der Waals surface area contributed by atoms with Gasteiger partial charge in [-0.15, -0.1) is 0 Å². The lowest BCUT2D eigenvalue weighted by atomic mass is 9.86. The third-order valence-corrected chi connectivity index (χ3v) is 6.26. The molecule has 2 saturated heterocycles. The van der Waals surface area contributed by atoms with Crippen LogP contribution in [-0.2, 0) is 15.9 Å². The van der Waals surface area contributed by atoms with Crippen LogP contribution in [0.4, 0.5) is 0 Å². The van der Waals surface area contributed by atoms with Crippen molar-refractivity contribution >= 4 is 15.9 Å². The summed E-state index contributed by atoms with van der Waals surface area (Å²) in [6.07, 6.45) is 4.04. The zero-order valence-electron chi connectivity index (χ0n) is 15.3. The van der Waals surface area contributed by atoms with Crippen LogP contribution in [0.25, 0.3) is 0 Å². The predicted octanol–water partition coefficient (Wildman–Crippen LogP) is 3.60. The van der Waals surface area contributed by atoms with E-state index in [9.17, 15) is 0 Å². The molecule has 138 valence electrons. The number of rotatable bonds is 3. The van der Waals surface area contributed by atoms with Crippen LogP contribution in [0, 0.1) is 0 Å². The molecule has 1 aromatic carbocycles. The first-order valence-corrected chi connectivity index (χ1v) is 10.4. The molecule has 0 bridgehead atoms. The highest BCUT2D eigenvalue weighted by Gasteiger charge is 2.35. The van der Waals surface area contributed by atoms with Crippen molar-refractivity contribution in [3.63, 3.8) is 0 Å². The van der Waals surface area contributed by atoms with Crippen LogP contribution < -0.4 is 0 Å². The average molecular weight is 409 g/mol. The molecular weight excluding hydrogens is 380 g/mol. The van der Waals surface area contributed by atoms with Gasteiger partial charge in [0, 0.05) is 43.2 Å². The van der Waals surface area contributed by atoms with Crippen molar-refractivity contribution in [1.29, 1.82) is 0 Å². The van der Waals surface area contributed by atoms with Gasteiger partial charge in [0.05, 0.1) is 12.7 Å². The summed E-state index contributed by atoms with van der Waals surface area (Å²) in [6.45, 7) is 10.3. The summed E-state index contributed by atoms with van der Waals surface area (Å²) in [6, 6.07) is 7.45. The van der Waals surface area contributed by atoms with E-state index in [0.29, 0.717) is 6.04 Å². The molecule has 0 spiro atoms. The minimum Gasteiger partial charge on any atom is -0.348 e. The molecule has 0 saturated carbocycles. The fourth-order valence-corrected chi connectivity index (χ4v) is 4.94. The highest BCUT2D eigenvalue weighted by atomic mass is 79.9. The molecule has 2 heterocycles. The van der Waals surface area contributed by atoms with E-state index in [1.54, 1.807) is 5.56 Å². The van der Waals surface area contributed by atoms with Gasteiger partial charge in [-0.1, -0.05) is 22.0 Å². The van der Waals surface area contributed by atoms with E-state index in [0.717, 1.165) is 39.3 Å². The van der Waals surface area contributed by atoms with Crippen molar-refractivity contribution in [3.05, 3.63) is 33.8 Å². The summed E-state index contributed by atoms with van der Waals surface area (Å²) >= 11 is 3.62. The Bertz CT molecular complexity index is 614. The van der Waals surface area contributed by atoms with E-state index in [-0.39, 0.29) is 6.10 Å².